The third kappa shape index (κ3) is 47.6. The highest BCUT2D eigenvalue weighted by Crippen LogP contribution is 2.20. The van der Waals surface area contributed by atoms with Crippen LogP contribution in [0.25, 0.3) is 0 Å². The van der Waals surface area contributed by atoms with Crippen molar-refractivity contribution in [1.82, 2.24) is 31.9 Å². The fourth-order valence-corrected chi connectivity index (χ4v) is 11.7. The number of nitrogens with one attached hydrogen (secondary N) is 6. The van der Waals surface area contributed by atoms with Gasteiger partial charge in [-0.25, -0.2) is 0 Å². The van der Waals surface area contributed by atoms with Gasteiger partial charge < -0.3 is 82.6 Å². The van der Waals surface area contributed by atoms with Crippen LogP contribution in [-0.2, 0) is 97.2 Å². The average molecular weight is 1510 g/mol. The van der Waals surface area contributed by atoms with Crippen LogP contribution in [0.3, 0.4) is 0 Å². The number of ketones is 5. The molecular formula is C66H107FN10O20S4. The molecule has 1 aliphatic rings. The van der Waals surface area contributed by atoms with Gasteiger partial charge in [-0.3, -0.25) is 71.7 Å². The molecule has 13 N–H and O–H groups in total. The lowest BCUT2D eigenvalue weighted by atomic mass is 9.91. The number of rotatable bonds is 44. The number of alkyl halides is 1. The number of nitrogens with two attached hydrogens (primary N) is 3. The van der Waals surface area contributed by atoms with Crippen molar-refractivity contribution in [3.05, 3.63) is 35.9 Å². The van der Waals surface area contributed by atoms with Crippen molar-refractivity contribution >= 4 is 131 Å². The van der Waals surface area contributed by atoms with Crippen LogP contribution in [0.4, 0.5) is 4.39 Å². The second-order valence-electron chi connectivity index (χ2n) is 23.3. The van der Waals surface area contributed by atoms with Crippen molar-refractivity contribution in [2.75, 3.05) is 141 Å². The summed E-state index contributed by atoms with van der Waals surface area (Å²) in [6.45, 7) is 6.19. The predicted molar refractivity (Wildman–Crippen MR) is 386 cm³/mol. The van der Waals surface area contributed by atoms with Gasteiger partial charge in [-0.15, -0.1) is 11.8 Å². The van der Waals surface area contributed by atoms with Crippen LogP contribution in [0.1, 0.15) is 109 Å². The molecule has 0 bridgehead atoms. The Kier molecular flexibility index (Phi) is 54.3. The van der Waals surface area contributed by atoms with E-state index < -0.39 is 133 Å². The number of halogens is 1. The molecule has 101 heavy (non-hydrogen) atoms. The van der Waals surface area contributed by atoms with E-state index in [9.17, 15) is 71.8 Å². The molecule has 1 heterocycles. The Hall–Kier alpha value is -6.31. The monoisotopic (exact) mass is 1510 g/mol. The molecule has 1 aromatic rings. The van der Waals surface area contributed by atoms with Gasteiger partial charge in [0.1, 0.15) is 30.3 Å². The SMILES string of the molecule is CCC(=O)CCCOCCOCCOCCOCCOCCCC(=O)CSCCC[18F].COCC(=O)NCCCC[C@@H]1NC(=O)CSC[C@@H](C(N)=O)NC(=O)[C@H](Cc2ccccc2)CC(=O)[C@H](CS)NC(=O)[C@H](CC(=O)O)CC(=O)CNC(=O)[C@H](CCCN=C(N)N)CC(=O)[C@H](CS)NC1=O. The molecule has 2 rings (SSSR count). The number of hydrogen-bond donors (Lipinski definition) is 12. The summed E-state index contributed by atoms with van der Waals surface area (Å²) >= 11 is 10.9. The Balaban J connectivity index is 0.00000137. The number of nitrogens with zero attached hydrogens (tertiary/aromatic N) is 1. The topological polar surface area (TPSA) is 460 Å². The molecular weight excluding hydrogens is 1400 g/mol. The van der Waals surface area contributed by atoms with Crippen LogP contribution in [-0.4, -0.2) is 252 Å². The van der Waals surface area contributed by atoms with Gasteiger partial charge in [0.15, 0.2) is 23.3 Å². The highest BCUT2D eigenvalue weighted by molar-refractivity contribution is 8.00. The van der Waals surface area contributed by atoms with Gasteiger partial charge in [0.25, 0.3) is 0 Å². The van der Waals surface area contributed by atoms with Gasteiger partial charge in [-0.2, -0.15) is 37.0 Å². The zero-order chi connectivity index (χ0) is 75.0. The molecule has 35 heteroatoms. The van der Waals surface area contributed by atoms with Crippen LogP contribution in [0.15, 0.2) is 35.3 Å². The molecule has 7 amide bonds. The van der Waals surface area contributed by atoms with Gasteiger partial charge in [0.05, 0.1) is 102 Å². The van der Waals surface area contributed by atoms with E-state index in [0.717, 1.165) is 18.2 Å². The summed E-state index contributed by atoms with van der Waals surface area (Å²) in [7, 11) is 1.36. The number of carbonyl (C=O) groups excluding carboxylic acids is 12. The van der Waals surface area contributed by atoms with Crippen LogP contribution in [0, 0.1) is 17.8 Å². The van der Waals surface area contributed by atoms with Gasteiger partial charge in [0, 0.05) is 101 Å². The lowest BCUT2D eigenvalue weighted by Gasteiger charge is -2.24. The Labute approximate surface area is 610 Å². The second kappa shape index (κ2) is 59.1. The van der Waals surface area contributed by atoms with E-state index in [1.165, 1.54) is 18.9 Å². The summed E-state index contributed by atoms with van der Waals surface area (Å²) in [6, 6.07) is 3.39. The van der Waals surface area contributed by atoms with E-state index >= 15 is 0 Å². The quantitative estimate of drug-likeness (QED) is 0.0186. The molecule has 572 valence electrons. The number of guanidine groups is 1. The summed E-state index contributed by atoms with van der Waals surface area (Å²) in [5.74, 6) is -12.2. The van der Waals surface area contributed by atoms with Crippen molar-refractivity contribution in [2.45, 2.75) is 134 Å². The van der Waals surface area contributed by atoms with Crippen LogP contribution in [0.2, 0.25) is 0 Å². The number of Topliss-reactive ketones (excluding diaryl/α,β-unsaturated/α-hetero) is 5. The minimum atomic E-state index is -1.51. The minimum absolute atomic E-state index is 0.00564. The normalized spacial score (nSPS) is 19.6. The summed E-state index contributed by atoms with van der Waals surface area (Å²) < 4.78 is 43.8. The number of primary amides is 1. The predicted octanol–water partition coefficient (Wildman–Crippen LogP) is 0.834. The number of amides is 7. The van der Waals surface area contributed by atoms with E-state index in [1.54, 1.807) is 30.3 Å². The number of methoxy groups -OCH3 is 1. The van der Waals surface area contributed by atoms with Crippen molar-refractivity contribution < 1.29 is 100 Å². The van der Waals surface area contributed by atoms with Crippen LogP contribution < -0.4 is 49.1 Å². The lowest BCUT2D eigenvalue weighted by molar-refractivity contribution is -0.142. The van der Waals surface area contributed by atoms with Crippen molar-refractivity contribution in [3.63, 3.8) is 0 Å². The Morgan fingerprint density at radius 1 is 0.663 bits per heavy atom. The number of benzene rings is 1. The summed E-state index contributed by atoms with van der Waals surface area (Å²) in [5, 5.41) is 25.0. The molecule has 0 aromatic heterocycles. The first-order valence-corrected chi connectivity index (χ1v) is 37.3. The lowest BCUT2D eigenvalue weighted by Crippen LogP contribution is -2.53. The Bertz CT molecular complexity index is 2690. The summed E-state index contributed by atoms with van der Waals surface area (Å²) in [4.78, 5) is 172. The number of aliphatic carboxylic acids is 1. The fourth-order valence-electron chi connectivity index (χ4n) is 9.42. The average Bonchev–Trinajstić information content (AvgIpc) is 1.12. The number of ether oxygens (including phenoxy) is 6. The first kappa shape index (κ1) is 92.7. The summed E-state index contributed by atoms with van der Waals surface area (Å²) in [6.07, 6.45) is 2.17. The molecule has 0 spiro atoms. The Morgan fingerprint density at radius 3 is 1.77 bits per heavy atom. The first-order valence-electron chi connectivity index (χ1n) is 33.7. The molecule has 7 atom stereocenters. The highest BCUT2D eigenvalue weighted by atomic mass is 32.2. The van der Waals surface area contributed by atoms with Gasteiger partial charge in [-0.1, -0.05) is 37.3 Å². The maximum Gasteiger partial charge on any atom is 0.304 e. The fraction of sp³-hybridized carbons (Fsp3) is 0.697. The number of thioether (sulfide) groups is 2. The zero-order valence-electron chi connectivity index (χ0n) is 58.1. The molecule has 0 saturated carbocycles. The highest BCUT2D eigenvalue weighted by Gasteiger charge is 2.34. The van der Waals surface area contributed by atoms with E-state index in [4.69, 9.17) is 45.6 Å². The largest absolute Gasteiger partial charge is 0.481 e. The molecule has 1 saturated heterocycles. The number of carboxylic acid groups (broad SMARTS) is 1. The van der Waals surface area contributed by atoms with E-state index in [0.29, 0.717) is 128 Å². The van der Waals surface area contributed by atoms with Gasteiger partial charge in [-0.05, 0) is 69.1 Å². The standard InChI is InChI=1S/C44H66N10O13S3.C22H41FO7S/c1-67-20-36(58)48-12-6-5-11-30-43(66)53-32(22-69)34(56)16-26(10-7-13-49-44(46)47)40(63)50-19-29(55)15-28(18-38(60)61)42(65)52-31(21-68)35(57)17-27(14-25-8-3-2-4-9-25)41(64)54-33(39(45)62)23-70-24-37(59)51-30;1-2-21(24)6-3-9-26-11-13-28-15-17-30-18-16-29-14-12-27-10-4-7-22(25)20-31-19-5-8-23/h2-4,8-9,26-28,30-33,68-69H,5-7,10-24H2,1H3,(H2,45,62)(H,48,58)(H,50,63)(H,51,59)(H,52,65)(H,53,66)(H,54,64)(H,60,61)(H4,46,47,49);2-20H2,1H3/t26-,27-,28+,30+,31+,32+,33+;/m1./s1/i;23-1. The van der Waals surface area contributed by atoms with E-state index in [1.807, 2.05) is 6.92 Å². The van der Waals surface area contributed by atoms with E-state index in [-0.39, 0.29) is 98.5 Å². The maximum absolute atomic E-state index is 13.9. The molecule has 0 unspecified atom stereocenters. The van der Waals surface area contributed by atoms with Crippen molar-refractivity contribution in [1.29, 1.82) is 0 Å². The van der Waals surface area contributed by atoms with Crippen molar-refractivity contribution in [2.24, 2.45) is 39.9 Å². The number of carbonyl (C=O) groups is 13. The summed E-state index contributed by atoms with van der Waals surface area (Å²) in [5.41, 5.74) is 17.2. The molecule has 0 aliphatic carbocycles. The minimum Gasteiger partial charge on any atom is -0.481 e. The molecule has 1 aromatic carbocycles. The van der Waals surface area contributed by atoms with Gasteiger partial charge in [0.2, 0.25) is 41.4 Å². The smallest absolute Gasteiger partial charge is 0.304 e. The maximum atomic E-state index is 13.9. The zero-order valence-corrected chi connectivity index (χ0v) is 61.5. The third-order valence-corrected chi connectivity index (χ3v) is 17.7. The molecule has 30 nitrogen and oxygen atoms in total. The number of carboxylic acids is 1. The number of aliphatic imine (C=N–C) groups is 1. The third-order valence-electron chi connectivity index (χ3n) is 14.9. The first-order chi connectivity index (χ1) is 48.5. The van der Waals surface area contributed by atoms with Crippen molar-refractivity contribution in [3.8, 4) is 0 Å². The number of thiol groups is 2. The van der Waals surface area contributed by atoms with Gasteiger partial charge >= 0.3 is 5.97 Å². The van der Waals surface area contributed by atoms with E-state index in [2.05, 4.69) is 62.2 Å². The van der Waals surface area contributed by atoms with Crippen LogP contribution in [0.5, 0.6) is 0 Å². The second-order valence-corrected chi connectivity index (χ2v) is 26.2. The number of unbranched alkanes of at least 4 members (excludes halogenated alkanes) is 1. The molecule has 1 fully saturated rings. The Morgan fingerprint density at radius 2 is 1.23 bits per heavy atom. The number of hydrogen-bond acceptors (Lipinski definition) is 24. The molecule has 1 aliphatic heterocycles. The van der Waals surface area contributed by atoms with Crippen LogP contribution >= 0.6 is 48.8 Å². The molecule has 0 radical (unpaired) electrons.